The van der Waals surface area contributed by atoms with E-state index >= 15 is 0 Å². The zero-order chi connectivity index (χ0) is 14.1. The van der Waals surface area contributed by atoms with Crippen molar-refractivity contribution in [1.82, 2.24) is 10.2 Å². The molecule has 20 heavy (non-hydrogen) atoms. The molecule has 2 N–H and O–H groups in total. The van der Waals surface area contributed by atoms with Crippen LogP contribution in [0, 0.1) is 5.92 Å². The highest BCUT2D eigenvalue weighted by Crippen LogP contribution is 2.42. The zero-order valence-corrected chi connectivity index (χ0v) is 11.1. The summed E-state index contributed by atoms with van der Waals surface area (Å²) in [6, 6.07) is 3.52. The molecule has 6 nitrogen and oxygen atoms in total. The Morgan fingerprint density at radius 2 is 2.30 bits per heavy atom. The molecule has 3 atom stereocenters. The Balaban J connectivity index is 1.64. The summed E-state index contributed by atoms with van der Waals surface area (Å²) in [6.45, 7) is 0.292. The summed E-state index contributed by atoms with van der Waals surface area (Å²) < 4.78 is 5.18. The molecule has 108 valence electrons. The lowest BCUT2D eigenvalue weighted by Crippen LogP contribution is -2.51. The van der Waals surface area contributed by atoms with Gasteiger partial charge in [-0.15, -0.1) is 0 Å². The molecule has 2 bridgehead atoms. The van der Waals surface area contributed by atoms with Gasteiger partial charge in [0.15, 0.2) is 0 Å². The number of hydrogen-bond donors (Lipinski definition) is 2. The fourth-order valence-electron chi connectivity index (χ4n) is 3.52. The second kappa shape index (κ2) is 5.28. The van der Waals surface area contributed by atoms with Crippen LogP contribution in [0.15, 0.2) is 22.8 Å². The SMILES string of the molecule is O=C(O)CN1C2CCC(C2)[C@H]1C(=O)NCc1ccco1. The van der Waals surface area contributed by atoms with Gasteiger partial charge in [0.25, 0.3) is 0 Å². The molecular formula is C14H18N2O4. The van der Waals surface area contributed by atoms with Gasteiger partial charge >= 0.3 is 5.97 Å². The summed E-state index contributed by atoms with van der Waals surface area (Å²) in [5.74, 6) is 0.0264. The first-order valence-electron chi connectivity index (χ1n) is 6.93. The first kappa shape index (κ1) is 13.2. The summed E-state index contributed by atoms with van der Waals surface area (Å²) >= 11 is 0. The highest BCUT2D eigenvalue weighted by Gasteiger charge is 2.49. The first-order valence-corrected chi connectivity index (χ1v) is 6.93. The van der Waals surface area contributed by atoms with Crippen molar-refractivity contribution in [3.05, 3.63) is 24.2 Å². The number of furan rings is 1. The van der Waals surface area contributed by atoms with E-state index in [1.54, 1.807) is 18.4 Å². The van der Waals surface area contributed by atoms with Gasteiger partial charge in [-0.2, -0.15) is 0 Å². The zero-order valence-electron chi connectivity index (χ0n) is 11.1. The molecular weight excluding hydrogens is 260 g/mol. The van der Waals surface area contributed by atoms with Gasteiger partial charge in [0.05, 0.1) is 25.4 Å². The number of carboxylic acid groups (broad SMARTS) is 1. The lowest BCUT2D eigenvalue weighted by Gasteiger charge is -2.32. The van der Waals surface area contributed by atoms with Crippen LogP contribution >= 0.6 is 0 Å². The Kier molecular flexibility index (Phi) is 3.48. The number of piperidine rings is 1. The first-order chi connectivity index (χ1) is 9.65. The summed E-state index contributed by atoms with van der Waals surface area (Å²) in [7, 11) is 0. The number of nitrogens with one attached hydrogen (secondary N) is 1. The Bertz CT molecular complexity index is 499. The number of amides is 1. The van der Waals surface area contributed by atoms with E-state index in [0.29, 0.717) is 12.3 Å². The van der Waals surface area contributed by atoms with E-state index < -0.39 is 5.97 Å². The second-order valence-electron chi connectivity index (χ2n) is 5.54. The molecule has 6 heteroatoms. The quantitative estimate of drug-likeness (QED) is 0.833. The Morgan fingerprint density at radius 3 is 3.00 bits per heavy atom. The third-order valence-corrected chi connectivity index (χ3v) is 4.32. The van der Waals surface area contributed by atoms with Crippen LogP contribution in [0.5, 0.6) is 0 Å². The maximum atomic E-state index is 12.3. The number of carbonyl (C=O) groups is 2. The third-order valence-electron chi connectivity index (χ3n) is 4.32. The predicted molar refractivity (Wildman–Crippen MR) is 69.8 cm³/mol. The van der Waals surface area contributed by atoms with Crippen LogP contribution in [0.1, 0.15) is 25.0 Å². The maximum absolute atomic E-state index is 12.3. The minimum atomic E-state index is -0.874. The maximum Gasteiger partial charge on any atom is 0.317 e. The molecule has 1 aromatic heterocycles. The van der Waals surface area contributed by atoms with E-state index in [0.717, 1.165) is 19.3 Å². The van der Waals surface area contributed by atoms with Crippen LogP contribution in [0.4, 0.5) is 0 Å². The number of fused-ring (bicyclic) bond motifs is 2. The summed E-state index contributed by atoms with van der Waals surface area (Å²) in [5.41, 5.74) is 0. The van der Waals surface area contributed by atoms with Crippen LogP contribution < -0.4 is 5.32 Å². The van der Waals surface area contributed by atoms with Crippen molar-refractivity contribution in [3.8, 4) is 0 Å². The molecule has 1 aliphatic carbocycles. The topological polar surface area (TPSA) is 82.8 Å². The molecule has 2 aliphatic rings. The summed E-state index contributed by atoms with van der Waals surface area (Å²) in [6.07, 6.45) is 4.52. The standard InChI is InChI=1S/C14H18N2O4/c17-12(18)8-16-10-4-3-9(6-10)13(16)14(19)15-7-11-2-1-5-20-11/h1-2,5,9-10,13H,3-4,6-8H2,(H,15,19)(H,17,18)/t9?,10?,13-/m0/s1. The smallest absolute Gasteiger partial charge is 0.317 e. The highest BCUT2D eigenvalue weighted by molar-refractivity contribution is 5.83. The monoisotopic (exact) mass is 278 g/mol. The van der Waals surface area contributed by atoms with Crippen LogP contribution in [0.25, 0.3) is 0 Å². The minimum Gasteiger partial charge on any atom is -0.480 e. The van der Waals surface area contributed by atoms with Crippen molar-refractivity contribution in [2.75, 3.05) is 6.54 Å². The molecule has 3 rings (SSSR count). The molecule has 1 amide bonds. The molecule has 1 saturated carbocycles. The van der Waals surface area contributed by atoms with E-state index in [-0.39, 0.29) is 30.5 Å². The lowest BCUT2D eigenvalue weighted by atomic mass is 9.98. The summed E-state index contributed by atoms with van der Waals surface area (Å²) in [4.78, 5) is 25.1. The number of carboxylic acids is 1. The Hall–Kier alpha value is -1.82. The number of likely N-dealkylation sites (tertiary alicyclic amines) is 1. The average Bonchev–Trinajstić information content (AvgIpc) is 3.12. The van der Waals surface area contributed by atoms with Gasteiger partial charge in [0.1, 0.15) is 5.76 Å². The van der Waals surface area contributed by atoms with Gasteiger partial charge in [-0.25, -0.2) is 0 Å². The van der Waals surface area contributed by atoms with E-state index in [2.05, 4.69) is 5.32 Å². The van der Waals surface area contributed by atoms with E-state index in [9.17, 15) is 9.59 Å². The number of hydrogen-bond acceptors (Lipinski definition) is 4. The number of nitrogens with zero attached hydrogens (tertiary/aromatic N) is 1. The van der Waals surface area contributed by atoms with Crippen molar-refractivity contribution < 1.29 is 19.1 Å². The molecule has 1 aromatic rings. The van der Waals surface area contributed by atoms with Crippen molar-refractivity contribution in [2.45, 2.75) is 37.9 Å². The fourth-order valence-corrected chi connectivity index (χ4v) is 3.52. The normalized spacial score (nSPS) is 28.7. The van der Waals surface area contributed by atoms with E-state index in [4.69, 9.17) is 9.52 Å². The lowest BCUT2D eigenvalue weighted by molar-refractivity contribution is -0.141. The van der Waals surface area contributed by atoms with Gasteiger partial charge in [0.2, 0.25) is 5.91 Å². The summed E-state index contributed by atoms with van der Waals surface area (Å²) in [5, 5.41) is 11.8. The molecule has 0 radical (unpaired) electrons. The second-order valence-corrected chi connectivity index (χ2v) is 5.54. The van der Waals surface area contributed by atoms with Crippen molar-refractivity contribution in [3.63, 3.8) is 0 Å². The molecule has 0 spiro atoms. The van der Waals surface area contributed by atoms with Crippen LogP contribution in [-0.4, -0.2) is 40.5 Å². The van der Waals surface area contributed by atoms with Crippen molar-refractivity contribution in [1.29, 1.82) is 0 Å². The average molecular weight is 278 g/mol. The van der Waals surface area contributed by atoms with Gasteiger partial charge in [-0.1, -0.05) is 0 Å². The molecule has 2 fully saturated rings. The predicted octanol–water partition coefficient (Wildman–Crippen LogP) is 0.833. The third kappa shape index (κ3) is 2.43. The highest BCUT2D eigenvalue weighted by atomic mass is 16.4. The Labute approximate surface area is 116 Å². The van der Waals surface area contributed by atoms with Gasteiger partial charge < -0.3 is 14.8 Å². The largest absolute Gasteiger partial charge is 0.480 e. The molecule has 2 unspecified atom stereocenters. The van der Waals surface area contributed by atoms with Gasteiger partial charge in [-0.05, 0) is 37.3 Å². The molecule has 1 saturated heterocycles. The number of carbonyl (C=O) groups excluding carboxylic acids is 1. The fraction of sp³-hybridized carbons (Fsp3) is 0.571. The molecule has 2 heterocycles. The number of aliphatic carboxylic acids is 1. The Morgan fingerprint density at radius 1 is 1.45 bits per heavy atom. The van der Waals surface area contributed by atoms with Crippen LogP contribution in [0.2, 0.25) is 0 Å². The van der Waals surface area contributed by atoms with Crippen molar-refractivity contribution >= 4 is 11.9 Å². The molecule has 0 aromatic carbocycles. The van der Waals surface area contributed by atoms with E-state index in [1.165, 1.54) is 0 Å². The van der Waals surface area contributed by atoms with Gasteiger partial charge in [-0.3, -0.25) is 14.5 Å². The minimum absolute atomic E-state index is 0.0556. The van der Waals surface area contributed by atoms with E-state index in [1.807, 2.05) is 4.90 Å². The van der Waals surface area contributed by atoms with Crippen molar-refractivity contribution in [2.24, 2.45) is 5.92 Å². The molecule has 1 aliphatic heterocycles. The van der Waals surface area contributed by atoms with Crippen LogP contribution in [-0.2, 0) is 16.1 Å². The number of rotatable bonds is 5. The van der Waals surface area contributed by atoms with Crippen LogP contribution in [0.3, 0.4) is 0 Å². The van der Waals surface area contributed by atoms with Gasteiger partial charge in [0, 0.05) is 6.04 Å².